The third kappa shape index (κ3) is 12.2. The van der Waals surface area contributed by atoms with Crippen molar-refractivity contribution in [3.05, 3.63) is 78.4 Å². The van der Waals surface area contributed by atoms with Crippen molar-refractivity contribution in [1.82, 2.24) is 0 Å². The standard InChI is InChI=1S/C42H48F17NO7Si/c1-9-19-65-32(61)23-26(6)27(7)33(67-34(62)60-29-12-16-30(63-8)17-13-29)28-10-14-31(15-11-28)64-20-21-66-68(24(2)3,25(4)5)22-18-35(43,44)36(45,46)37(47,48)38(49,50)39(51,52)40(53,54)41(55,56)42(57,58)59/h9-17,23-25,27,33H,1,18-22H2,2-8H3,(H,60,62)/b26-23+/t27-,33+/m0/s1. The van der Waals surface area contributed by atoms with Gasteiger partial charge in [-0.15, -0.1) is 0 Å². The van der Waals surface area contributed by atoms with E-state index in [0.29, 0.717) is 22.6 Å². The summed E-state index contributed by atoms with van der Waals surface area (Å²) in [4.78, 5) is 25.3. The Morgan fingerprint density at radius 2 is 1.15 bits per heavy atom. The van der Waals surface area contributed by atoms with Crippen LogP contribution < -0.4 is 14.8 Å². The maximum absolute atomic E-state index is 15.0. The molecule has 0 aromatic heterocycles. The molecule has 2 aromatic carbocycles. The van der Waals surface area contributed by atoms with E-state index in [1.807, 2.05) is 0 Å². The molecule has 0 aliphatic carbocycles. The lowest BCUT2D eigenvalue weighted by atomic mass is 9.88. The van der Waals surface area contributed by atoms with Crippen molar-refractivity contribution < 1.29 is 108 Å². The molecule has 1 amide bonds. The molecule has 0 unspecified atom stereocenters. The van der Waals surface area contributed by atoms with Crippen LogP contribution >= 0.6 is 0 Å². The van der Waals surface area contributed by atoms with Crippen molar-refractivity contribution >= 4 is 26.1 Å². The first-order valence-electron chi connectivity index (χ1n) is 20.0. The number of carbonyl (C=O) groups is 2. The van der Waals surface area contributed by atoms with Crippen LogP contribution in [0.1, 0.15) is 59.6 Å². The number of esters is 1. The zero-order chi connectivity index (χ0) is 52.7. The van der Waals surface area contributed by atoms with Crippen LogP contribution in [-0.4, -0.2) is 94.9 Å². The van der Waals surface area contributed by atoms with E-state index in [2.05, 4.69) is 11.9 Å². The number of hydrogen-bond acceptors (Lipinski definition) is 7. The molecular formula is C42H48F17NO7Si. The lowest BCUT2D eigenvalue weighted by Gasteiger charge is -2.44. The molecule has 0 spiro atoms. The number of alkyl halides is 17. The molecule has 0 aliphatic heterocycles. The van der Waals surface area contributed by atoms with Crippen LogP contribution in [0.25, 0.3) is 0 Å². The minimum absolute atomic E-state index is 0.0818. The second-order valence-corrected chi connectivity index (χ2v) is 21.0. The molecule has 0 bridgehead atoms. The Balaban J connectivity index is 2.33. The highest BCUT2D eigenvalue weighted by molar-refractivity contribution is 6.76. The highest BCUT2D eigenvalue weighted by atomic mass is 28.4. The fourth-order valence-electron chi connectivity index (χ4n) is 6.63. The predicted molar refractivity (Wildman–Crippen MR) is 214 cm³/mol. The third-order valence-corrected chi connectivity index (χ3v) is 16.6. The van der Waals surface area contributed by atoms with Crippen LogP contribution in [0.5, 0.6) is 11.5 Å². The number of rotatable bonds is 25. The number of benzene rings is 2. The normalized spacial score (nSPS) is 14.9. The van der Waals surface area contributed by atoms with E-state index < -0.39 is 117 Å². The maximum atomic E-state index is 15.0. The molecule has 8 nitrogen and oxygen atoms in total. The Hall–Kier alpha value is -4.75. The van der Waals surface area contributed by atoms with Gasteiger partial charge < -0.3 is 23.4 Å². The van der Waals surface area contributed by atoms with Crippen LogP contribution in [0, 0.1) is 5.92 Å². The number of ether oxygens (including phenoxy) is 4. The Kier molecular flexibility index (Phi) is 19.1. The fourth-order valence-corrected chi connectivity index (χ4v) is 11.1. The van der Waals surface area contributed by atoms with Gasteiger partial charge in [0, 0.05) is 24.1 Å². The average molecular weight is 1030 g/mol. The van der Waals surface area contributed by atoms with Gasteiger partial charge in [0.25, 0.3) is 0 Å². The van der Waals surface area contributed by atoms with Crippen molar-refractivity contribution in [1.29, 1.82) is 0 Å². The Morgan fingerprint density at radius 1 is 0.676 bits per heavy atom. The van der Waals surface area contributed by atoms with E-state index in [1.165, 1.54) is 83.4 Å². The number of hydrogen-bond donors (Lipinski definition) is 1. The zero-order valence-corrected chi connectivity index (χ0v) is 38.1. The molecule has 68 heavy (non-hydrogen) atoms. The second-order valence-electron chi connectivity index (χ2n) is 16.0. The summed E-state index contributed by atoms with van der Waals surface area (Å²) >= 11 is 0. The highest BCUT2D eigenvalue weighted by Gasteiger charge is 2.95. The first kappa shape index (κ1) is 59.4. The van der Waals surface area contributed by atoms with Crippen LogP contribution in [-0.2, 0) is 18.7 Å². The molecule has 1 N–H and O–H groups in total. The zero-order valence-electron chi connectivity index (χ0n) is 37.1. The molecule has 2 aromatic rings. The van der Waals surface area contributed by atoms with Gasteiger partial charge in [0.05, 0.1) is 13.7 Å². The Bertz CT molecular complexity index is 2020. The first-order chi connectivity index (χ1) is 30.9. The van der Waals surface area contributed by atoms with Crippen LogP contribution in [0.15, 0.2) is 72.8 Å². The van der Waals surface area contributed by atoms with Crippen molar-refractivity contribution in [2.24, 2.45) is 5.92 Å². The number of amides is 1. The number of anilines is 1. The minimum Gasteiger partial charge on any atom is -0.497 e. The lowest BCUT2D eigenvalue weighted by Crippen LogP contribution is -2.74. The van der Waals surface area contributed by atoms with E-state index in [-0.39, 0.29) is 12.4 Å². The van der Waals surface area contributed by atoms with Crippen molar-refractivity contribution in [2.75, 3.05) is 32.2 Å². The molecule has 0 heterocycles. The molecule has 0 saturated heterocycles. The Labute approximate surface area is 380 Å². The topological polar surface area (TPSA) is 92.3 Å². The third-order valence-electron chi connectivity index (χ3n) is 10.9. The van der Waals surface area contributed by atoms with Crippen molar-refractivity contribution in [3.8, 4) is 11.5 Å². The van der Waals surface area contributed by atoms with Gasteiger partial charge in [-0.05, 0) is 66.0 Å². The maximum Gasteiger partial charge on any atom is 0.460 e. The lowest BCUT2D eigenvalue weighted by molar-refractivity contribution is -0.461. The van der Waals surface area contributed by atoms with E-state index in [1.54, 1.807) is 26.0 Å². The fraction of sp³-hybridized carbons (Fsp3) is 0.571. The first-order valence-corrected chi connectivity index (χ1v) is 22.3. The predicted octanol–water partition coefficient (Wildman–Crippen LogP) is 13.9. The van der Waals surface area contributed by atoms with Gasteiger partial charge in [0.2, 0.25) is 0 Å². The summed E-state index contributed by atoms with van der Waals surface area (Å²) in [6, 6.07) is 10.6. The number of halogens is 17. The molecule has 386 valence electrons. The summed E-state index contributed by atoms with van der Waals surface area (Å²) in [5.41, 5.74) is -0.676. The smallest absolute Gasteiger partial charge is 0.460 e. The van der Waals surface area contributed by atoms with Crippen molar-refractivity contribution in [2.45, 2.75) is 119 Å². The molecule has 0 aliphatic rings. The number of carbonyl (C=O) groups excluding carboxylic acids is 2. The summed E-state index contributed by atoms with van der Waals surface area (Å²) in [6.45, 7) is 10.9. The van der Waals surface area contributed by atoms with Gasteiger partial charge in [-0.25, -0.2) is 9.59 Å². The molecule has 26 heteroatoms. The molecule has 0 fully saturated rings. The quantitative estimate of drug-likeness (QED) is 0.0264. The van der Waals surface area contributed by atoms with Crippen LogP contribution in [0.2, 0.25) is 17.1 Å². The van der Waals surface area contributed by atoms with Gasteiger partial charge >= 0.3 is 59.7 Å². The van der Waals surface area contributed by atoms with E-state index in [4.69, 9.17) is 23.4 Å². The number of nitrogens with one attached hydrogen (secondary N) is 1. The van der Waals surface area contributed by atoms with Crippen LogP contribution in [0.3, 0.4) is 0 Å². The average Bonchev–Trinajstić information content (AvgIpc) is 3.23. The summed E-state index contributed by atoms with van der Waals surface area (Å²) in [7, 11) is -2.59. The minimum atomic E-state index is -8.71. The molecule has 2 atom stereocenters. The van der Waals surface area contributed by atoms with Gasteiger partial charge in [-0.1, -0.05) is 65.0 Å². The monoisotopic (exact) mass is 1030 g/mol. The second kappa shape index (κ2) is 21.9. The summed E-state index contributed by atoms with van der Waals surface area (Å²) in [5, 5.41) is 2.56. The Morgan fingerprint density at radius 3 is 1.60 bits per heavy atom. The van der Waals surface area contributed by atoms with Gasteiger partial charge in [0.15, 0.2) is 8.32 Å². The SMILES string of the molecule is C=CCOC(=O)/C=C(\C)[C@H](C)[C@@H](OC(=O)Nc1ccc(OC)cc1)c1ccc(OCCO[Si](CCC(F)(F)C(F)(F)C(F)(F)C(F)(F)C(F)(F)C(F)(F)C(F)(F)C(F)(F)F)(C(C)C)C(C)C)cc1. The van der Waals surface area contributed by atoms with E-state index in [0.717, 1.165) is 0 Å². The molecule has 0 radical (unpaired) electrons. The number of methoxy groups -OCH3 is 1. The van der Waals surface area contributed by atoms with E-state index in [9.17, 15) is 75.4 Å². The van der Waals surface area contributed by atoms with Crippen LogP contribution in [0.4, 0.5) is 85.1 Å². The highest BCUT2D eigenvalue weighted by Crippen LogP contribution is 2.64. The van der Waals surface area contributed by atoms with Crippen molar-refractivity contribution in [3.63, 3.8) is 0 Å². The largest absolute Gasteiger partial charge is 0.497 e. The molecular weight excluding hydrogens is 982 g/mol. The summed E-state index contributed by atoms with van der Waals surface area (Å²) in [6.07, 6.45) is -9.85. The van der Waals surface area contributed by atoms with E-state index >= 15 is 8.78 Å². The van der Waals surface area contributed by atoms with Gasteiger partial charge in [-0.3, -0.25) is 5.32 Å². The molecule has 0 saturated carbocycles. The molecule has 2 rings (SSSR count). The van der Waals surface area contributed by atoms with Gasteiger partial charge in [0.1, 0.15) is 30.8 Å². The summed E-state index contributed by atoms with van der Waals surface area (Å²) < 4.78 is 264. The van der Waals surface area contributed by atoms with Gasteiger partial charge in [-0.2, -0.15) is 74.6 Å². The summed E-state index contributed by atoms with van der Waals surface area (Å²) in [5.74, 6) is -57.7.